The number of rotatable bonds is 2. The Morgan fingerprint density at radius 2 is 1.81 bits per heavy atom. The molecular weight excluding hydrogens is 286 g/mol. The van der Waals surface area contributed by atoms with Crippen molar-refractivity contribution in [3.05, 3.63) is 65.0 Å². The van der Waals surface area contributed by atoms with Gasteiger partial charge in [-0.1, -0.05) is 12.1 Å². The Balaban J connectivity index is 2.29. The summed E-state index contributed by atoms with van der Waals surface area (Å²) in [6, 6.07) is 8.48. The lowest BCUT2D eigenvalue weighted by atomic mass is 10.1. The van der Waals surface area contributed by atoms with Gasteiger partial charge >= 0.3 is 6.18 Å². The van der Waals surface area contributed by atoms with Crippen LogP contribution in [0.4, 0.5) is 23.2 Å². The van der Waals surface area contributed by atoms with Gasteiger partial charge in [0.05, 0.1) is 5.56 Å². The zero-order valence-corrected chi connectivity index (χ0v) is 11.0. The Kier molecular flexibility index (Phi) is 3.97. The van der Waals surface area contributed by atoms with E-state index in [0.29, 0.717) is 17.8 Å². The van der Waals surface area contributed by atoms with Gasteiger partial charge in [0, 0.05) is 11.3 Å². The molecule has 110 valence electrons. The molecule has 0 heterocycles. The van der Waals surface area contributed by atoms with Crippen LogP contribution in [0.3, 0.4) is 0 Å². The van der Waals surface area contributed by atoms with E-state index in [1.807, 2.05) is 0 Å². The van der Waals surface area contributed by atoms with Crippen molar-refractivity contribution in [1.29, 1.82) is 0 Å². The lowest BCUT2D eigenvalue weighted by molar-refractivity contribution is -0.137. The SMILES string of the molecule is Cc1cccc(NC(=O)c2cc(F)cc(C(F)(F)F)c2)c1. The Morgan fingerprint density at radius 3 is 2.43 bits per heavy atom. The summed E-state index contributed by atoms with van der Waals surface area (Å²) in [7, 11) is 0. The van der Waals surface area contributed by atoms with E-state index in [1.165, 1.54) is 0 Å². The molecule has 0 spiro atoms. The van der Waals surface area contributed by atoms with Gasteiger partial charge in [-0.15, -0.1) is 0 Å². The zero-order valence-electron chi connectivity index (χ0n) is 11.0. The molecule has 0 aromatic heterocycles. The molecule has 2 rings (SSSR count). The largest absolute Gasteiger partial charge is 0.416 e. The number of aryl methyl sites for hydroxylation is 1. The number of benzene rings is 2. The first-order chi connectivity index (χ1) is 9.75. The second-order valence-electron chi connectivity index (χ2n) is 4.55. The van der Waals surface area contributed by atoms with Crippen molar-refractivity contribution < 1.29 is 22.4 Å². The van der Waals surface area contributed by atoms with Gasteiger partial charge in [0.25, 0.3) is 5.91 Å². The topological polar surface area (TPSA) is 29.1 Å². The van der Waals surface area contributed by atoms with E-state index in [-0.39, 0.29) is 5.56 Å². The molecule has 0 atom stereocenters. The van der Waals surface area contributed by atoms with Crippen molar-refractivity contribution in [3.8, 4) is 0 Å². The number of halogens is 4. The fraction of sp³-hybridized carbons (Fsp3) is 0.133. The number of alkyl halides is 3. The molecule has 0 unspecified atom stereocenters. The van der Waals surface area contributed by atoms with Gasteiger partial charge in [-0.2, -0.15) is 13.2 Å². The van der Waals surface area contributed by atoms with Gasteiger partial charge in [0.15, 0.2) is 0 Å². The quantitative estimate of drug-likeness (QED) is 0.818. The van der Waals surface area contributed by atoms with Crippen molar-refractivity contribution >= 4 is 11.6 Å². The first kappa shape index (κ1) is 15.0. The maximum absolute atomic E-state index is 13.2. The molecule has 6 heteroatoms. The van der Waals surface area contributed by atoms with E-state index in [2.05, 4.69) is 5.32 Å². The van der Waals surface area contributed by atoms with Crippen molar-refractivity contribution in [3.63, 3.8) is 0 Å². The molecule has 1 amide bonds. The van der Waals surface area contributed by atoms with Gasteiger partial charge in [-0.25, -0.2) is 4.39 Å². The molecule has 21 heavy (non-hydrogen) atoms. The van der Waals surface area contributed by atoms with Crippen molar-refractivity contribution in [2.24, 2.45) is 0 Å². The normalized spacial score (nSPS) is 11.3. The Labute approximate surface area is 118 Å². The predicted molar refractivity (Wildman–Crippen MR) is 70.5 cm³/mol. The van der Waals surface area contributed by atoms with E-state index in [4.69, 9.17) is 0 Å². The zero-order chi connectivity index (χ0) is 15.6. The molecule has 0 saturated carbocycles. The highest BCUT2D eigenvalue weighted by molar-refractivity contribution is 6.04. The highest BCUT2D eigenvalue weighted by Gasteiger charge is 2.32. The number of hydrogen-bond acceptors (Lipinski definition) is 1. The summed E-state index contributed by atoms with van der Waals surface area (Å²) in [4.78, 5) is 11.9. The van der Waals surface area contributed by atoms with E-state index < -0.39 is 23.5 Å². The van der Waals surface area contributed by atoms with Crippen LogP contribution >= 0.6 is 0 Å². The summed E-state index contributed by atoms with van der Waals surface area (Å²) in [6.07, 6.45) is -4.71. The van der Waals surface area contributed by atoms with Gasteiger partial charge < -0.3 is 5.32 Å². The third kappa shape index (κ3) is 3.81. The van der Waals surface area contributed by atoms with Crippen LogP contribution in [0.5, 0.6) is 0 Å². The molecule has 2 aromatic rings. The average Bonchev–Trinajstić information content (AvgIpc) is 2.37. The van der Waals surface area contributed by atoms with E-state index >= 15 is 0 Å². The smallest absolute Gasteiger partial charge is 0.322 e. The monoisotopic (exact) mass is 297 g/mol. The number of anilines is 1. The van der Waals surface area contributed by atoms with E-state index in [9.17, 15) is 22.4 Å². The van der Waals surface area contributed by atoms with Gasteiger partial charge in [0.1, 0.15) is 5.82 Å². The summed E-state index contributed by atoms with van der Waals surface area (Å²) in [5, 5.41) is 2.43. The van der Waals surface area contributed by atoms with Crippen LogP contribution in [0.1, 0.15) is 21.5 Å². The molecule has 1 N–H and O–H groups in total. The van der Waals surface area contributed by atoms with Crippen LogP contribution in [-0.2, 0) is 6.18 Å². The molecule has 0 aliphatic carbocycles. The Hall–Kier alpha value is -2.37. The molecule has 0 aliphatic rings. The Morgan fingerprint density at radius 1 is 1.10 bits per heavy atom. The van der Waals surface area contributed by atoms with Crippen molar-refractivity contribution in [2.75, 3.05) is 5.32 Å². The minimum Gasteiger partial charge on any atom is -0.322 e. The summed E-state index contributed by atoms with van der Waals surface area (Å²) >= 11 is 0. The lowest BCUT2D eigenvalue weighted by Gasteiger charge is -2.10. The molecule has 2 aromatic carbocycles. The highest BCUT2D eigenvalue weighted by atomic mass is 19.4. The third-order valence-corrected chi connectivity index (χ3v) is 2.76. The van der Waals surface area contributed by atoms with Gasteiger partial charge in [-0.05, 0) is 42.8 Å². The Bertz CT molecular complexity index is 680. The molecule has 0 bridgehead atoms. The molecule has 2 nitrogen and oxygen atoms in total. The van der Waals surface area contributed by atoms with Crippen LogP contribution in [0.2, 0.25) is 0 Å². The fourth-order valence-electron chi connectivity index (χ4n) is 1.81. The van der Waals surface area contributed by atoms with Crippen molar-refractivity contribution in [1.82, 2.24) is 0 Å². The van der Waals surface area contributed by atoms with E-state index in [0.717, 1.165) is 11.6 Å². The lowest BCUT2D eigenvalue weighted by Crippen LogP contribution is -2.14. The summed E-state index contributed by atoms with van der Waals surface area (Å²) in [5.41, 5.74) is -0.276. The summed E-state index contributed by atoms with van der Waals surface area (Å²) < 4.78 is 51.0. The van der Waals surface area contributed by atoms with Crippen LogP contribution < -0.4 is 5.32 Å². The standard InChI is InChI=1S/C15H11F4NO/c1-9-3-2-4-13(5-9)20-14(21)10-6-11(15(17,18)19)8-12(16)7-10/h2-8H,1H3,(H,20,21). The van der Waals surface area contributed by atoms with Crippen LogP contribution in [0.15, 0.2) is 42.5 Å². The second-order valence-corrected chi connectivity index (χ2v) is 4.55. The average molecular weight is 297 g/mol. The molecule has 0 aliphatic heterocycles. The predicted octanol–water partition coefficient (Wildman–Crippen LogP) is 4.41. The molecule has 0 fully saturated rings. The molecule has 0 radical (unpaired) electrons. The van der Waals surface area contributed by atoms with Crippen molar-refractivity contribution in [2.45, 2.75) is 13.1 Å². The van der Waals surface area contributed by atoms with E-state index in [1.54, 1.807) is 31.2 Å². The minimum atomic E-state index is -4.71. The second kappa shape index (κ2) is 5.55. The first-order valence-electron chi connectivity index (χ1n) is 6.01. The number of hydrogen-bond donors (Lipinski definition) is 1. The first-order valence-corrected chi connectivity index (χ1v) is 6.01. The van der Waals surface area contributed by atoms with Gasteiger partial charge in [0.2, 0.25) is 0 Å². The maximum atomic E-state index is 13.2. The number of nitrogens with one attached hydrogen (secondary N) is 1. The van der Waals surface area contributed by atoms with Gasteiger partial charge in [-0.3, -0.25) is 4.79 Å². The summed E-state index contributed by atoms with van der Waals surface area (Å²) in [5.74, 6) is -1.91. The van der Waals surface area contributed by atoms with Crippen LogP contribution in [0.25, 0.3) is 0 Å². The summed E-state index contributed by atoms with van der Waals surface area (Å²) in [6.45, 7) is 1.81. The minimum absolute atomic E-state index is 0.351. The maximum Gasteiger partial charge on any atom is 0.416 e. The number of carbonyl (C=O) groups excluding carboxylic acids is 1. The number of carbonyl (C=O) groups is 1. The fourth-order valence-corrected chi connectivity index (χ4v) is 1.81. The van der Waals surface area contributed by atoms with Crippen LogP contribution in [0, 0.1) is 12.7 Å². The number of amides is 1. The van der Waals surface area contributed by atoms with Crippen LogP contribution in [-0.4, -0.2) is 5.91 Å². The molecule has 0 saturated heterocycles. The molecular formula is C15H11F4NO. The highest BCUT2D eigenvalue weighted by Crippen LogP contribution is 2.30. The third-order valence-electron chi connectivity index (χ3n) is 2.76.